The molecule has 1 fully saturated rings. The van der Waals surface area contributed by atoms with Crippen LogP contribution in [0.2, 0.25) is 0 Å². The smallest absolute Gasteiger partial charge is 0.141 e. The SMILES string of the molecule is Cc1ccc2c(CN3CCN(c4ccc(Br)cc4)CC3)ccc(O)c2n1. The van der Waals surface area contributed by atoms with Gasteiger partial charge >= 0.3 is 0 Å². The van der Waals surface area contributed by atoms with Gasteiger partial charge in [-0.15, -0.1) is 0 Å². The van der Waals surface area contributed by atoms with Crippen LogP contribution in [-0.2, 0) is 6.54 Å². The van der Waals surface area contributed by atoms with E-state index in [9.17, 15) is 5.11 Å². The van der Waals surface area contributed by atoms with Gasteiger partial charge in [-0.05, 0) is 48.9 Å². The van der Waals surface area contributed by atoms with Gasteiger partial charge in [-0.2, -0.15) is 0 Å². The molecule has 0 aliphatic carbocycles. The second-order valence-electron chi connectivity index (χ2n) is 6.83. The Kier molecular flexibility index (Phi) is 4.83. The quantitative estimate of drug-likeness (QED) is 0.695. The molecular weight excluding hydrogens is 390 g/mol. The van der Waals surface area contributed by atoms with E-state index in [1.54, 1.807) is 6.07 Å². The van der Waals surface area contributed by atoms with Gasteiger partial charge in [0.25, 0.3) is 0 Å². The third-order valence-corrected chi connectivity index (χ3v) is 5.55. The topological polar surface area (TPSA) is 39.6 Å². The number of hydrogen-bond donors (Lipinski definition) is 1. The van der Waals surface area contributed by atoms with Crippen LogP contribution in [0.15, 0.2) is 53.0 Å². The van der Waals surface area contributed by atoms with E-state index in [0.717, 1.165) is 48.3 Å². The number of aromatic nitrogens is 1. The predicted molar refractivity (Wildman–Crippen MR) is 110 cm³/mol. The van der Waals surface area contributed by atoms with Gasteiger partial charge < -0.3 is 10.0 Å². The summed E-state index contributed by atoms with van der Waals surface area (Å²) >= 11 is 3.50. The number of halogens is 1. The molecule has 0 atom stereocenters. The first-order chi connectivity index (χ1) is 12.6. The van der Waals surface area contributed by atoms with E-state index in [1.807, 2.05) is 19.1 Å². The van der Waals surface area contributed by atoms with Crippen LogP contribution in [0.3, 0.4) is 0 Å². The lowest BCUT2D eigenvalue weighted by atomic mass is 10.1. The Morgan fingerprint density at radius 1 is 0.962 bits per heavy atom. The first-order valence-corrected chi connectivity index (χ1v) is 9.70. The molecule has 4 rings (SSSR count). The molecule has 134 valence electrons. The van der Waals surface area contributed by atoms with Crippen LogP contribution in [0.4, 0.5) is 5.69 Å². The summed E-state index contributed by atoms with van der Waals surface area (Å²) in [6.07, 6.45) is 0. The normalized spacial score (nSPS) is 15.5. The maximum atomic E-state index is 10.1. The number of phenols is 1. The second-order valence-corrected chi connectivity index (χ2v) is 7.75. The summed E-state index contributed by atoms with van der Waals surface area (Å²) in [6, 6.07) is 16.4. The zero-order valence-electron chi connectivity index (χ0n) is 14.8. The Labute approximate surface area is 162 Å². The monoisotopic (exact) mass is 411 g/mol. The van der Waals surface area contributed by atoms with Crippen molar-refractivity contribution >= 4 is 32.5 Å². The number of hydrogen-bond acceptors (Lipinski definition) is 4. The van der Waals surface area contributed by atoms with Crippen molar-refractivity contribution in [3.63, 3.8) is 0 Å². The van der Waals surface area contributed by atoms with Gasteiger partial charge in [0, 0.05) is 54.0 Å². The lowest BCUT2D eigenvalue weighted by Crippen LogP contribution is -2.45. The average Bonchev–Trinajstić information content (AvgIpc) is 2.65. The van der Waals surface area contributed by atoms with Crippen LogP contribution < -0.4 is 4.90 Å². The van der Waals surface area contributed by atoms with Gasteiger partial charge in [0.2, 0.25) is 0 Å². The minimum Gasteiger partial charge on any atom is -0.506 e. The van der Waals surface area contributed by atoms with E-state index in [-0.39, 0.29) is 5.75 Å². The van der Waals surface area contributed by atoms with Crippen LogP contribution in [0.25, 0.3) is 10.9 Å². The molecule has 0 unspecified atom stereocenters. The third kappa shape index (κ3) is 3.55. The lowest BCUT2D eigenvalue weighted by molar-refractivity contribution is 0.250. The van der Waals surface area contributed by atoms with Gasteiger partial charge in [0.05, 0.1) is 0 Å². The molecule has 1 aliphatic rings. The Morgan fingerprint density at radius 3 is 2.42 bits per heavy atom. The average molecular weight is 412 g/mol. The van der Waals surface area contributed by atoms with Crippen LogP contribution in [0.1, 0.15) is 11.3 Å². The van der Waals surface area contributed by atoms with Crippen molar-refractivity contribution in [3.05, 3.63) is 64.3 Å². The molecule has 1 saturated heterocycles. The number of pyridine rings is 1. The second kappa shape index (κ2) is 7.25. The molecule has 2 aromatic carbocycles. The maximum absolute atomic E-state index is 10.1. The van der Waals surface area contributed by atoms with Gasteiger partial charge in [-0.25, -0.2) is 4.98 Å². The van der Waals surface area contributed by atoms with E-state index < -0.39 is 0 Å². The van der Waals surface area contributed by atoms with Crippen molar-refractivity contribution in [1.29, 1.82) is 0 Å². The number of phenolic OH excluding ortho intramolecular Hbond substituents is 1. The van der Waals surface area contributed by atoms with E-state index in [1.165, 1.54) is 11.3 Å². The minimum absolute atomic E-state index is 0.257. The Bertz CT molecular complexity index is 918. The fourth-order valence-electron chi connectivity index (χ4n) is 3.55. The highest BCUT2D eigenvalue weighted by atomic mass is 79.9. The summed E-state index contributed by atoms with van der Waals surface area (Å²) in [5, 5.41) is 11.2. The molecule has 1 N–H and O–H groups in total. The maximum Gasteiger partial charge on any atom is 0.141 e. The van der Waals surface area contributed by atoms with Gasteiger partial charge in [-0.1, -0.05) is 28.1 Å². The molecule has 0 amide bonds. The molecule has 1 aromatic heterocycles. The van der Waals surface area contributed by atoms with Gasteiger partial charge in [0.1, 0.15) is 11.3 Å². The summed E-state index contributed by atoms with van der Waals surface area (Å²) in [4.78, 5) is 9.41. The lowest BCUT2D eigenvalue weighted by Gasteiger charge is -2.36. The van der Waals surface area contributed by atoms with Crippen LogP contribution in [-0.4, -0.2) is 41.2 Å². The van der Waals surface area contributed by atoms with Crippen molar-refractivity contribution in [2.24, 2.45) is 0 Å². The van der Waals surface area contributed by atoms with Crippen molar-refractivity contribution in [3.8, 4) is 5.75 Å². The number of aromatic hydroxyl groups is 1. The summed E-state index contributed by atoms with van der Waals surface area (Å²) in [6.45, 7) is 6.93. The summed E-state index contributed by atoms with van der Waals surface area (Å²) < 4.78 is 1.11. The molecule has 0 bridgehead atoms. The minimum atomic E-state index is 0.257. The van der Waals surface area contributed by atoms with Crippen molar-refractivity contribution < 1.29 is 5.11 Å². The summed E-state index contributed by atoms with van der Waals surface area (Å²) in [5.74, 6) is 0.257. The number of anilines is 1. The Morgan fingerprint density at radius 2 is 1.69 bits per heavy atom. The van der Waals surface area contributed by atoms with E-state index >= 15 is 0 Å². The van der Waals surface area contributed by atoms with Crippen molar-refractivity contribution in [1.82, 2.24) is 9.88 Å². The van der Waals surface area contributed by atoms with Crippen molar-refractivity contribution in [2.45, 2.75) is 13.5 Å². The predicted octanol–water partition coefficient (Wildman–Crippen LogP) is 4.33. The standard InChI is InChI=1S/C21H22BrN3O/c1-15-2-8-19-16(3-9-20(26)21(19)23-15)14-24-10-12-25(13-11-24)18-6-4-17(22)5-7-18/h2-9,26H,10-14H2,1H3. The molecule has 26 heavy (non-hydrogen) atoms. The van der Waals surface area contributed by atoms with Gasteiger partial charge in [-0.3, -0.25) is 4.90 Å². The van der Waals surface area contributed by atoms with Crippen LogP contribution in [0, 0.1) is 6.92 Å². The highest BCUT2D eigenvalue weighted by molar-refractivity contribution is 9.10. The summed E-state index contributed by atoms with van der Waals surface area (Å²) in [7, 11) is 0. The first-order valence-electron chi connectivity index (χ1n) is 8.91. The molecule has 2 heterocycles. The molecular formula is C21H22BrN3O. The summed E-state index contributed by atoms with van der Waals surface area (Å²) in [5.41, 5.74) is 4.13. The van der Waals surface area contributed by atoms with Crippen LogP contribution in [0.5, 0.6) is 5.75 Å². The molecule has 0 radical (unpaired) electrons. The van der Waals surface area contributed by atoms with E-state index in [0.29, 0.717) is 5.52 Å². The van der Waals surface area contributed by atoms with Crippen molar-refractivity contribution in [2.75, 3.05) is 31.1 Å². The fourth-order valence-corrected chi connectivity index (χ4v) is 3.82. The molecule has 4 nitrogen and oxygen atoms in total. The van der Waals surface area contributed by atoms with Gasteiger partial charge in [0.15, 0.2) is 0 Å². The highest BCUT2D eigenvalue weighted by Gasteiger charge is 2.18. The zero-order valence-corrected chi connectivity index (χ0v) is 16.4. The number of piperazine rings is 1. The molecule has 3 aromatic rings. The number of rotatable bonds is 3. The molecule has 1 aliphatic heterocycles. The molecule has 0 spiro atoms. The molecule has 5 heteroatoms. The number of nitrogens with zero attached hydrogens (tertiary/aromatic N) is 3. The zero-order chi connectivity index (χ0) is 18.1. The number of fused-ring (bicyclic) bond motifs is 1. The van der Waals surface area contributed by atoms with Crippen LogP contribution >= 0.6 is 15.9 Å². The fraction of sp³-hybridized carbons (Fsp3) is 0.286. The van der Waals surface area contributed by atoms with E-state index in [2.05, 4.69) is 61.0 Å². The highest BCUT2D eigenvalue weighted by Crippen LogP contribution is 2.28. The number of benzene rings is 2. The van der Waals surface area contributed by atoms with E-state index in [4.69, 9.17) is 0 Å². The molecule has 0 saturated carbocycles. The first kappa shape index (κ1) is 17.3. The Hall–Kier alpha value is -2.11. The largest absolute Gasteiger partial charge is 0.506 e. The number of aryl methyl sites for hydroxylation is 1. The third-order valence-electron chi connectivity index (χ3n) is 5.02. The Balaban J connectivity index is 1.47.